The number of carbonyl (C=O) groups excluding carboxylic acids is 1. The number of amides is 1. The first kappa shape index (κ1) is 12.5. The second-order valence-corrected chi connectivity index (χ2v) is 5.96. The number of hydrogen-bond donors (Lipinski definition) is 2. The molecule has 3 rings (SSSR count). The summed E-state index contributed by atoms with van der Waals surface area (Å²) in [4.78, 5) is 12.5. The zero-order chi connectivity index (χ0) is 13.5. The van der Waals surface area contributed by atoms with Gasteiger partial charge in [-0.05, 0) is 49.8 Å². The monoisotopic (exact) mass is 262 g/mol. The van der Waals surface area contributed by atoms with Gasteiger partial charge in [0.25, 0.3) is 0 Å². The third kappa shape index (κ3) is 2.20. The molecule has 1 spiro atoms. The molecule has 0 unspecified atom stereocenters. The average Bonchev–Trinajstić information content (AvgIpc) is 2.52. The van der Waals surface area contributed by atoms with E-state index in [1.807, 2.05) is 0 Å². The standard InChI is InChI=1S/C15H19FN2O/c1-10-4-6-15(7-5-10)9-17-13-8-11(16)2-3-12(13)18-14(15)19/h2-3,8,10,17H,4-7,9H2,1H3,(H,18,19). The van der Waals surface area contributed by atoms with Gasteiger partial charge in [0, 0.05) is 6.54 Å². The maximum atomic E-state index is 13.3. The van der Waals surface area contributed by atoms with Gasteiger partial charge in [0.2, 0.25) is 5.91 Å². The molecule has 0 atom stereocenters. The predicted octanol–water partition coefficient (Wildman–Crippen LogP) is 3.39. The van der Waals surface area contributed by atoms with Gasteiger partial charge in [0.15, 0.2) is 0 Å². The van der Waals surface area contributed by atoms with Gasteiger partial charge in [-0.1, -0.05) is 6.92 Å². The molecule has 3 nitrogen and oxygen atoms in total. The van der Waals surface area contributed by atoms with Crippen molar-refractivity contribution in [1.82, 2.24) is 0 Å². The smallest absolute Gasteiger partial charge is 0.232 e. The zero-order valence-electron chi connectivity index (χ0n) is 11.1. The zero-order valence-corrected chi connectivity index (χ0v) is 11.1. The number of halogens is 1. The summed E-state index contributed by atoms with van der Waals surface area (Å²) in [5.41, 5.74) is 1.04. The fourth-order valence-electron chi connectivity index (χ4n) is 3.09. The summed E-state index contributed by atoms with van der Waals surface area (Å²) in [6.45, 7) is 2.83. The molecule has 19 heavy (non-hydrogen) atoms. The van der Waals surface area contributed by atoms with Crippen molar-refractivity contribution in [2.24, 2.45) is 11.3 Å². The minimum absolute atomic E-state index is 0.0808. The van der Waals surface area contributed by atoms with E-state index in [1.54, 1.807) is 6.07 Å². The van der Waals surface area contributed by atoms with Crippen molar-refractivity contribution >= 4 is 17.3 Å². The molecule has 1 aromatic carbocycles. The molecular weight excluding hydrogens is 243 g/mol. The fourth-order valence-corrected chi connectivity index (χ4v) is 3.09. The molecule has 0 saturated heterocycles. The third-order valence-electron chi connectivity index (χ3n) is 4.56. The molecule has 1 aliphatic carbocycles. The Labute approximate surface area is 112 Å². The molecule has 1 fully saturated rings. The Morgan fingerprint density at radius 1 is 1.26 bits per heavy atom. The highest BCUT2D eigenvalue weighted by Gasteiger charge is 2.42. The van der Waals surface area contributed by atoms with Gasteiger partial charge in [0.05, 0.1) is 16.8 Å². The molecule has 1 heterocycles. The van der Waals surface area contributed by atoms with E-state index in [4.69, 9.17) is 0 Å². The fraction of sp³-hybridized carbons (Fsp3) is 0.533. The van der Waals surface area contributed by atoms with Crippen molar-refractivity contribution in [1.29, 1.82) is 0 Å². The normalized spacial score (nSPS) is 30.2. The van der Waals surface area contributed by atoms with Crippen molar-refractivity contribution in [3.05, 3.63) is 24.0 Å². The van der Waals surface area contributed by atoms with Crippen LogP contribution in [0.3, 0.4) is 0 Å². The summed E-state index contributed by atoms with van der Waals surface area (Å²) < 4.78 is 13.3. The van der Waals surface area contributed by atoms with Crippen LogP contribution >= 0.6 is 0 Å². The summed E-state index contributed by atoms with van der Waals surface area (Å²) >= 11 is 0. The van der Waals surface area contributed by atoms with Crippen LogP contribution in [0.1, 0.15) is 32.6 Å². The molecular formula is C15H19FN2O. The largest absolute Gasteiger partial charge is 0.382 e. The van der Waals surface area contributed by atoms with Gasteiger partial charge in [-0.15, -0.1) is 0 Å². The topological polar surface area (TPSA) is 41.1 Å². The molecule has 4 heteroatoms. The summed E-state index contributed by atoms with van der Waals surface area (Å²) in [7, 11) is 0. The van der Waals surface area contributed by atoms with Gasteiger partial charge in [-0.25, -0.2) is 4.39 Å². The number of anilines is 2. The van der Waals surface area contributed by atoms with Crippen LogP contribution in [-0.4, -0.2) is 12.5 Å². The Morgan fingerprint density at radius 2 is 2.00 bits per heavy atom. The lowest BCUT2D eigenvalue weighted by molar-refractivity contribution is -0.126. The highest BCUT2D eigenvalue weighted by molar-refractivity contribution is 5.99. The lowest BCUT2D eigenvalue weighted by Crippen LogP contribution is -2.42. The highest BCUT2D eigenvalue weighted by Crippen LogP contribution is 2.42. The number of hydrogen-bond acceptors (Lipinski definition) is 2. The molecule has 0 aromatic heterocycles. The number of carbonyl (C=O) groups is 1. The van der Waals surface area contributed by atoms with Gasteiger partial charge in [-0.3, -0.25) is 4.79 Å². The molecule has 1 saturated carbocycles. The molecule has 2 aliphatic rings. The van der Waals surface area contributed by atoms with Crippen molar-refractivity contribution in [2.45, 2.75) is 32.6 Å². The van der Waals surface area contributed by atoms with Crippen LogP contribution < -0.4 is 10.6 Å². The lowest BCUT2D eigenvalue weighted by atomic mass is 9.70. The van der Waals surface area contributed by atoms with Gasteiger partial charge < -0.3 is 10.6 Å². The summed E-state index contributed by atoms with van der Waals surface area (Å²) in [6, 6.07) is 4.45. The third-order valence-corrected chi connectivity index (χ3v) is 4.56. The first-order valence-electron chi connectivity index (χ1n) is 6.94. The second kappa shape index (κ2) is 4.51. The van der Waals surface area contributed by atoms with Crippen molar-refractivity contribution in [2.75, 3.05) is 17.2 Å². The van der Waals surface area contributed by atoms with E-state index < -0.39 is 0 Å². The minimum Gasteiger partial charge on any atom is -0.382 e. The summed E-state index contributed by atoms with van der Waals surface area (Å²) in [6.07, 6.45) is 3.98. The van der Waals surface area contributed by atoms with Crippen LogP contribution in [0.2, 0.25) is 0 Å². The Hall–Kier alpha value is -1.58. The van der Waals surface area contributed by atoms with Crippen LogP contribution in [0.25, 0.3) is 0 Å². The van der Waals surface area contributed by atoms with Crippen molar-refractivity contribution in [3.8, 4) is 0 Å². The van der Waals surface area contributed by atoms with Crippen LogP contribution in [0.15, 0.2) is 18.2 Å². The molecule has 2 N–H and O–H groups in total. The highest BCUT2D eigenvalue weighted by atomic mass is 19.1. The first-order valence-corrected chi connectivity index (χ1v) is 6.94. The number of rotatable bonds is 0. The number of fused-ring (bicyclic) bond motifs is 1. The quantitative estimate of drug-likeness (QED) is 0.752. The molecule has 1 amide bonds. The van der Waals surface area contributed by atoms with Crippen LogP contribution in [0, 0.1) is 17.2 Å². The van der Waals surface area contributed by atoms with E-state index in [0.29, 0.717) is 23.8 Å². The van der Waals surface area contributed by atoms with E-state index in [1.165, 1.54) is 12.1 Å². The molecule has 1 aromatic rings. The predicted molar refractivity (Wildman–Crippen MR) is 73.6 cm³/mol. The van der Waals surface area contributed by atoms with Gasteiger partial charge in [-0.2, -0.15) is 0 Å². The Bertz CT molecular complexity index is 507. The Morgan fingerprint density at radius 3 is 2.74 bits per heavy atom. The van der Waals surface area contributed by atoms with Crippen LogP contribution in [0.5, 0.6) is 0 Å². The van der Waals surface area contributed by atoms with E-state index in [2.05, 4.69) is 17.6 Å². The molecule has 0 bridgehead atoms. The molecule has 1 aliphatic heterocycles. The summed E-state index contributed by atoms with van der Waals surface area (Å²) in [5, 5.41) is 6.21. The SMILES string of the molecule is CC1CCC2(CC1)CNc1cc(F)ccc1NC2=O. The van der Waals surface area contributed by atoms with E-state index in [-0.39, 0.29) is 17.1 Å². The maximum absolute atomic E-state index is 13.3. The lowest BCUT2D eigenvalue weighted by Gasteiger charge is -2.36. The molecule has 102 valence electrons. The van der Waals surface area contributed by atoms with E-state index in [9.17, 15) is 9.18 Å². The van der Waals surface area contributed by atoms with Gasteiger partial charge in [0.1, 0.15) is 5.82 Å². The molecule has 0 radical (unpaired) electrons. The number of nitrogens with one attached hydrogen (secondary N) is 2. The van der Waals surface area contributed by atoms with E-state index >= 15 is 0 Å². The minimum atomic E-state index is -0.331. The van der Waals surface area contributed by atoms with Gasteiger partial charge >= 0.3 is 0 Å². The van der Waals surface area contributed by atoms with Crippen molar-refractivity contribution < 1.29 is 9.18 Å². The average molecular weight is 262 g/mol. The van der Waals surface area contributed by atoms with E-state index in [0.717, 1.165) is 25.7 Å². The maximum Gasteiger partial charge on any atom is 0.232 e. The number of benzene rings is 1. The van der Waals surface area contributed by atoms with Crippen LogP contribution in [-0.2, 0) is 4.79 Å². The summed E-state index contributed by atoms with van der Waals surface area (Å²) in [5.74, 6) is 0.493. The van der Waals surface area contributed by atoms with Crippen LogP contribution in [0.4, 0.5) is 15.8 Å². The Kier molecular flexibility index (Phi) is 2.96. The second-order valence-electron chi connectivity index (χ2n) is 5.96. The Balaban J connectivity index is 1.88. The first-order chi connectivity index (χ1) is 9.09. The van der Waals surface area contributed by atoms with Crippen molar-refractivity contribution in [3.63, 3.8) is 0 Å².